The predicted molar refractivity (Wildman–Crippen MR) is 71.6 cm³/mol. The number of ether oxygens (including phenoxy) is 1. The molecular formula is C11H23N2O6S+. The van der Waals surface area contributed by atoms with Gasteiger partial charge in [0, 0.05) is 12.7 Å². The van der Waals surface area contributed by atoms with Gasteiger partial charge < -0.3 is 36.2 Å². The monoisotopic (exact) mass is 311 g/mol. The highest BCUT2D eigenvalue weighted by molar-refractivity contribution is 7.99. The Morgan fingerprint density at radius 1 is 1.45 bits per heavy atom. The van der Waals surface area contributed by atoms with E-state index in [0.717, 1.165) is 0 Å². The number of quaternary nitrogens is 1. The van der Waals surface area contributed by atoms with E-state index in [1.165, 1.54) is 18.7 Å². The Balaban J connectivity index is 2.75. The number of carbonyl (C=O) groups excluding carboxylic acids is 1. The van der Waals surface area contributed by atoms with Crippen molar-refractivity contribution < 1.29 is 35.7 Å². The summed E-state index contributed by atoms with van der Waals surface area (Å²) in [6, 6.07) is -0.813. The van der Waals surface area contributed by atoms with Crippen LogP contribution in [0.3, 0.4) is 0 Å². The Morgan fingerprint density at radius 2 is 2.10 bits per heavy atom. The van der Waals surface area contributed by atoms with Gasteiger partial charge in [0.1, 0.15) is 36.4 Å². The second-order valence-electron chi connectivity index (χ2n) is 4.71. The van der Waals surface area contributed by atoms with E-state index in [2.05, 4.69) is 11.1 Å². The van der Waals surface area contributed by atoms with Gasteiger partial charge in [-0.05, 0) is 0 Å². The van der Waals surface area contributed by atoms with Gasteiger partial charge in [-0.15, -0.1) is 11.8 Å². The van der Waals surface area contributed by atoms with Gasteiger partial charge in [0.05, 0.1) is 12.6 Å². The van der Waals surface area contributed by atoms with Crippen molar-refractivity contribution in [1.29, 1.82) is 0 Å². The maximum atomic E-state index is 11.2. The number of aliphatic hydroxyl groups excluding tert-OH is 4. The normalized spacial score (nSPS) is 35.6. The van der Waals surface area contributed by atoms with E-state index in [0.29, 0.717) is 12.3 Å². The fraction of sp³-hybridized carbons (Fsp3) is 0.909. The van der Waals surface area contributed by atoms with Crippen LogP contribution in [0.5, 0.6) is 0 Å². The number of rotatable bonds is 6. The van der Waals surface area contributed by atoms with E-state index in [1.54, 1.807) is 0 Å². The van der Waals surface area contributed by atoms with Crippen LogP contribution < -0.4 is 11.1 Å². The molecule has 9 heteroatoms. The van der Waals surface area contributed by atoms with Crippen molar-refractivity contribution in [3.63, 3.8) is 0 Å². The lowest BCUT2D eigenvalue weighted by Crippen LogP contribution is -2.63. The minimum absolute atomic E-state index is 0.311. The SMILES string of the molecule is CC(=O)N[C@H]1[C@H](O)[C@@H](O)[C@H](CO)O[C@H]1SC[C@@H](O)C[NH3+]. The molecule has 0 aromatic rings. The highest BCUT2D eigenvalue weighted by Gasteiger charge is 2.44. The average molecular weight is 311 g/mol. The van der Waals surface area contributed by atoms with Crippen molar-refractivity contribution in [3.05, 3.63) is 0 Å². The summed E-state index contributed by atoms with van der Waals surface area (Å²) < 4.78 is 5.48. The van der Waals surface area contributed by atoms with E-state index in [-0.39, 0.29) is 5.91 Å². The lowest BCUT2D eigenvalue weighted by Gasteiger charge is -2.42. The number of nitrogens with one attached hydrogen (secondary N) is 1. The summed E-state index contributed by atoms with van der Waals surface area (Å²) in [5, 5.41) is 41.0. The zero-order chi connectivity index (χ0) is 15.3. The second-order valence-corrected chi connectivity index (χ2v) is 5.84. The van der Waals surface area contributed by atoms with Crippen LogP contribution in [0.2, 0.25) is 0 Å². The molecule has 20 heavy (non-hydrogen) atoms. The van der Waals surface area contributed by atoms with Gasteiger partial charge in [-0.2, -0.15) is 0 Å². The van der Waals surface area contributed by atoms with Crippen LogP contribution in [0.15, 0.2) is 0 Å². The van der Waals surface area contributed by atoms with E-state index in [1.807, 2.05) is 0 Å². The largest absolute Gasteiger partial charge is 0.394 e. The number of carbonyl (C=O) groups is 1. The molecule has 1 amide bonds. The first kappa shape index (κ1) is 17.6. The molecule has 8 nitrogen and oxygen atoms in total. The zero-order valence-electron chi connectivity index (χ0n) is 11.3. The smallest absolute Gasteiger partial charge is 0.217 e. The Hall–Kier alpha value is -0.420. The molecule has 0 aliphatic carbocycles. The summed E-state index contributed by atoms with van der Waals surface area (Å²) in [5.74, 6) is -0.0545. The summed E-state index contributed by atoms with van der Waals surface area (Å²) in [6.07, 6.45) is -4.09. The third kappa shape index (κ3) is 4.55. The van der Waals surface area contributed by atoms with Crippen LogP contribution in [0.4, 0.5) is 0 Å². The van der Waals surface area contributed by atoms with E-state index < -0.39 is 42.5 Å². The minimum Gasteiger partial charge on any atom is -0.394 e. The second kappa shape index (κ2) is 8.13. The number of hydrogen-bond donors (Lipinski definition) is 6. The van der Waals surface area contributed by atoms with Gasteiger partial charge in [0.15, 0.2) is 0 Å². The molecule has 0 aromatic heterocycles. The predicted octanol–water partition coefficient (Wildman–Crippen LogP) is -3.73. The topological polar surface area (TPSA) is 147 Å². The Morgan fingerprint density at radius 3 is 2.60 bits per heavy atom. The van der Waals surface area contributed by atoms with Gasteiger partial charge in [-0.3, -0.25) is 4.79 Å². The van der Waals surface area contributed by atoms with E-state index in [9.17, 15) is 20.1 Å². The molecule has 1 aliphatic rings. The maximum absolute atomic E-state index is 11.2. The van der Waals surface area contributed by atoms with Crippen LogP contribution in [-0.4, -0.2) is 81.1 Å². The molecule has 1 heterocycles. The molecule has 1 rings (SSSR count). The van der Waals surface area contributed by atoms with Gasteiger partial charge >= 0.3 is 0 Å². The Kier molecular flexibility index (Phi) is 7.17. The molecular weight excluding hydrogens is 288 g/mol. The lowest BCUT2D eigenvalue weighted by atomic mass is 9.98. The minimum atomic E-state index is -1.29. The first-order valence-electron chi connectivity index (χ1n) is 6.39. The number of hydrogen-bond acceptors (Lipinski definition) is 7. The fourth-order valence-electron chi connectivity index (χ4n) is 1.90. The van der Waals surface area contributed by atoms with Crippen LogP contribution in [0, 0.1) is 0 Å². The third-order valence-corrected chi connectivity index (χ3v) is 4.35. The van der Waals surface area contributed by atoms with Crippen molar-refractivity contribution in [3.8, 4) is 0 Å². The molecule has 0 bridgehead atoms. The zero-order valence-corrected chi connectivity index (χ0v) is 12.1. The number of thioether (sulfide) groups is 1. The van der Waals surface area contributed by atoms with Gasteiger partial charge in [-0.1, -0.05) is 0 Å². The summed E-state index contributed by atoms with van der Waals surface area (Å²) in [7, 11) is 0. The quantitative estimate of drug-likeness (QED) is 0.295. The maximum Gasteiger partial charge on any atom is 0.217 e. The number of amides is 1. The molecule has 0 aromatic carbocycles. The molecule has 0 saturated carbocycles. The van der Waals surface area contributed by atoms with Crippen LogP contribution in [-0.2, 0) is 9.53 Å². The Labute approximate surface area is 121 Å². The molecule has 0 unspecified atom stereocenters. The van der Waals surface area contributed by atoms with E-state index in [4.69, 9.17) is 9.84 Å². The summed E-state index contributed by atoms with van der Waals surface area (Å²) in [4.78, 5) is 11.2. The first-order valence-corrected chi connectivity index (χ1v) is 7.44. The molecule has 0 spiro atoms. The molecule has 1 aliphatic heterocycles. The van der Waals surface area contributed by atoms with Gasteiger partial charge in [0.2, 0.25) is 5.91 Å². The summed E-state index contributed by atoms with van der Waals surface area (Å²) in [6.45, 7) is 1.18. The van der Waals surface area contributed by atoms with Crippen LogP contribution in [0.1, 0.15) is 6.92 Å². The van der Waals surface area contributed by atoms with E-state index >= 15 is 0 Å². The lowest BCUT2D eigenvalue weighted by molar-refractivity contribution is -0.381. The third-order valence-electron chi connectivity index (χ3n) is 3.04. The molecule has 8 N–H and O–H groups in total. The van der Waals surface area contributed by atoms with Crippen molar-refractivity contribution in [2.75, 3.05) is 18.9 Å². The fourth-order valence-corrected chi connectivity index (χ4v) is 3.14. The highest BCUT2D eigenvalue weighted by atomic mass is 32.2. The van der Waals surface area contributed by atoms with Crippen LogP contribution in [0.25, 0.3) is 0 Å². The highest BCUT2D eigenvalue weighted by Crippen LogP contribution is 2.28. The Bertz CT molecular complexity index is 321. The molecule has 1 fully saturated rings. The number of aliphatic hydroxyl groups is 4. The summed E-state index contributed by atoms with van der Waals surface area (Å²) in [5.41, 5.74) is 2.90. The first-order chi connectivity index (χ1) is 9.40. The molecule has 0 radical (unpaired) electrons. The van der Waals surface area contributed by atoms with Crippen molar-refractivity contribution in [1.82, 2.24) is 5.32 Å². The van der Waals surface area contributed by atoms with Crippen molar-refractivity contribution in [2.45, 2.75) is 42.8 Å². The summed E-state index contributed by atoms with van der Waals surface area (Å²) >= 11 is 1.20. The average Bonchev–Trinajstić information content (AvgIpc) is 2.42. The van der Waals surface area contributed by atoms with Gasteiger partial charge in [0.25, 0.3) is 0 Å². The molecule has 6 atom stereocenters. The molecule has 118 valence electrons. The van der Waals surface area contributed by atoms with Crippen LogP contribution >= 0.6 is 11.8 Å². The van der Waals surface area contributed by atoms with Crippen molar-refractivity contribution >= 4 is 17.7 Å². The standard InChI is InChI=1S/C11H22N2O6S/c1-5(15)13-8-10(18)9(17)7(3-14)19-11(8)20-4-6(16)2-12/h6-11,14,16-18H,2-4,12H2,1H3,(H,13,15)/p+1/t6-,7-,8-,9-,10-,11-/m0/s1. The van der Waals surface area contributed by atoms with Gasteiger partial charge in [-0.25, -0.2) is 0 Å². The van der Waals surface area contributed by atoms with Crippen molar-refractivity contribution in [2.24, 2.45) is 0 Å². The molecule has 1 saturated heterocycles.